The number of carbonyl (C=O) groups excluding carboxylic acids is 2. The van der Waals surface area contributed by atoms with Crippen molar-refractivity contribution in [2.75, 3.05) is 35.3 Å². The average Bonchev–Trinajstić information content (AvgIpc) is 3.19. The first kappa shape index (κ1) is 19.6. The maximum absolute atomic E-state index is 14.0. The van der Waals surface area contributed by atoms with Gasteiger partial charge in [0.1, 0.15) is 0 Å². The second-order valence-electron chi connectivity index (χ2n) is 8.58. The Bertz CT molecular complexity index is 997. The third-order valence-corrected chi connectivity index (χ3v) is 7.70. The lowest BCUT2D eigenvalue weighted by Crippen LogP contribution is -2.52. The standard InChI is InChI=1S/C24H27N3O2S/c1-17-12-18(2)14-19(13-17)27-22(28)15-30-24(27)20-8-4-5-9-21(20)26(23(24)29)16-25-10-6-3-7-11-25/h4-5,8-9,12-14H,3,6-7,10-11,15-16H2,1-2H3. The Balaban J connectivity index is 1.61. The van der Waals surface area contributed by atoms with E-state index >= 15 is 0 Å². The summed E-state index contributed by atoms with van der Waals surface area (Å²) in [5, 5.41) is 0. The highest BCUT2D eigenvalue weighted by atomic mass is 32.2. The minimum atomic E-state index is -1.01. The summed E-state index contributed by atoms with van der Waals surface area (Å²) in [5.41, 5.74) is 4.86. The van der Waals surface area contributed by atoms with E-state index in [1.807, 2.05) is 55.1 Å². The number of thioether (sulfide) groups is 1. The Kier molecular flexibility index (Phi) is 4.86. The Morgan fingerprint density at radius 2 is 1.67 bits per heavy atom. The van der Waals surface area contributed by atoms with Crippen molar-refractivity contribution in [1.29, 1.82) is 0 Å². The number of rotatable bonds is 3. The Morgan fingerprint density at radius 3 is 2.40 bits per heavy atom. The summed E-state index contributed by atoms with van der Waals surface area (Å²) in [7, 11) is 0. The molecule has 0 aromatic heterocycles. The highest BCUT2D eigenvalue weighted by Gasteiger charge is 2.61. The highest BCUT2D eigenvalue weighted by Crippen LogP contribution is 2.55. The summed E-state index contributed by atoms with van der Waals surface area (Å²) in [5.74, 6) is 0.308. The molecule has 0 saturated carbocycles. The van der Waals surface area contributed by atoms with Crippen molar-refractivity contribution >= 4 is 35.0 Å². The van der Waals surface area contributed by atoms with Crippen molar-refractivity contribution in [3.05, 3.63) is 59.2 Å². The maximum Gasteiger partial charge on any atom is 0.269 e. The summed E-state index contributed by atoms with van der Waals surface area (Å²) in [6, 6.07) is 14.1. The fourth-order valence-corrected chi connectivity index (χ4v) is 6.44. The van der Waals surface area contributed by atoms with Crippen LogP contribution in [-0.4, -0.2) is 42.2 Å². The molecule has 0 bridgehead atoms. The third-order valence-electron chi connectivity index (χ3n) is 6.32. The van der Waals surface area contributed by atoms with E-state index in [0.717, 1.165) is 41.2 Å². The van der Waals surface area contributed by atoms with Crippen LogP contribution in [0.25, 0.3) is 0 Å². The van der Waals surface area contributed by atoms with Gasteiger partial charge in [-0.1, -0.05) is 30.7 Å². The number of para-hydroxylation sites is 1. The Labute approximate surface area is 182 Å². The van der Waals surface area contributed by atoms with Gasteiger partial charge in [0.25, 0.3) is 5.91 Å². The number of carbonyl (C=O) groups is 2. The fraction of sp³-hybridized carbons (Fsp3) is 0.417. The average molecular weight is 422 g/mol. The van der Waals surface area contributed by atoms with Gasteiger partial charge in [-0.15, -0.1) is 11.8 Å². The summed E-state index contributed by atoms with van der Waals surface area (Å²) in [6.07, 6.45) is 3.61. The molecule has 1 atom stereocenters. The van der Waals surface area contributed by atoms with Crippen molar-refractivity contribution in [1.82, 2.24) is 4.90 Å². The van der Waals surface area contributed by atoms with Crippen molar-refractivity contribution < 1.29 is 9.59 Å². The zero-order chi connectivity index (χ0) is 20.9. The molecule has 1 unspecified atom stereocenters. The van der Waals surface area contributed by atoms with Crippen LogP contribution in [0.1, 0.15) is 36.0 Å². The minimum absolute atomic E-state index is 0.00397. The fourth-order valence-electron chi connectivity index (χ4n) is 5.08. The van der Waals surface area contributed by atoms with E-state index in [1.165, 1.54) is 31.0 Å². The molecule has 0 radical (unpaired) electrons. The number of nitrogens with zero attached hydrogens (tertiary/aromatic N) is 3. The van der Waals surface area contributed by atoms with Gasteiger partial charge in [0.2, 0.25) is 10.8 Å². The topological polar surface area (TPSA) is 43.9 Å². The van der Waals surface area contributed by atoms with E-state index < -0.39 is 4.87 Å². The van der Waals surface area contributed by atoms with Crippen molar-refractivity contribution in [3.8, 4) is 0 Å². The van der Waals surface area contributed by atoms with Gasteiger partial charge < -0.3 is 0 Å². The number of likely N-dealkylation sites (tertiary alicyclic amines) is 1. The second-order valence-corrected chi connectivity index (χ2v) is 9.75. The molecule has 30 heavy (non-hydrogen) atoms. The molecule has 1 spiro atoms. The number of piperidine rings is 1. The predicted octanol–water partition coefficient (Wildman–Crippen LogP) is 4.03. The molecule has 3 heterocycles. The Morgan fingerprint density at radius 1 is 0.967 bits per heavy atom. The molecule has 2 fully saturated rings. The summed E-state index contributed by atoms with van der Waals surface area (Å²) in [4.78, 5) is 32.2. The molecule has 0 aliphatic carbocycles. The first-order chi connectivity index (χ1) is 14.5. The monoisotopic (exact) mass is 421 g/mol. The van der Waals surface area contributed by atoms with E-state index in [4.69, 9.17) is 0 Å². The van der Waals surface area contributed by atoms with Crippen LogP contribution < -0.4 is 9.80 Å². The van der Waals surface area contributed by atoms with Crippen LogP contribution in [-0.2, 0) is 14.5 Å². The predicted molar refractivity (Wildman–Crippen MR) is 122 cm³/mol. The molecule has 2 aromatic carbocycles. The Hall–Kier alpha value is -2.31. The number of anilines is 2. The van der Waals surface area contributed by atoms with Crippen LogP contribution >= 0.6 is 11.8 Å². The van der Waals surface area contributed by atoms with E-state index in [9.17, 15) is 9.59 Å². The van der Waals surface area contributed by atoms with Gasteiger partial charge in [-0.3, -0.25) is 24.3 Å². The molecule has 3 aliphatic heterocycles. The molecular formula is C24H27N3O2S. The van der Waals surface area contributed by atoms with E-state index in [0.29, 0.717) is 12.4 Å². The van der Waals surface area contributed by atoms with E-state index in [-0.39, 0.29) is 11.8 Å². The number of benzene rings is 2. The SMILES string of the molecule is Cc1cc(C)cc(N2C(=O)CSC23C(=O)N(CN2CCCCC2)c2ccccc23)c1. The van der Waals surface area contributed by atoms with Crippen molar-refractivity contribution in [2.45, 2.75) is 38.0 Å². The summed E-state index contributed by atoms with van der Waals surface area (Å²) < 4.78 is 0. The lowest BCUT2D eigenvalue weighted by Gasteiger charge is -2.35. The van der Waals surface area contributed by atoms with Gasteiger partial charge in [-0.2, -0.15) is 0 Å². The quantitative estimate of drug-likeness (QED) is 0.751. The van der Waals surface area contributed by atoms with Crippen LogP contribution in [0.15, 0.2) is 42.5 Å². The summed E-state index contributed by atoms with van der Waals surface area (Å²) in [6.45, 7) is 6.69. The van der Waals surface area contributed by atoms with E-state index in [2.05, 4.69) is 11.0 Å². The van der Waals surface area contributed by atoms with Crippen LogP contribution in [0.2, 0.25) is 0 Å². The van der Waals surface area contributed by atoms with E-state index in [1.54, 1.807) is 4.90 Å². The van der Waals surface area contributed by atoms with Crippen molar-refractivity contribution in [3.63, 3.8) is 0 Å². The molecule has 5 rings (SSSR count). The van der Waals surface area contributed by atoms with Crippen molar-refractivity contribution in [2.24, 2.45) is 0 Å². The molecule has 0 N–H and O–H groups in total. The molecule has 156 valence electrons. The van der Waals surface area contributed by atoms with Gasteiger partial charge in [0.15, 0.2) is 0 Å². The van der Waals surface area contributed by atoms with Gasteiger partial charge in [0, 0.05) is 11.3 Å². The smallest absolute Gasteiger partial charge is 0.269 e. The zero-order valence-corrected chi connectivity index (χ0v) is 18.4. The lowest BCUT2D eigenvalue weighted by atomic mass is 10.0. The van der Waals surface area contributed by atoms with Crippen LogP contribution in [0, 0.1) is 13.8 Å². The second kappa shape index (κ2) is 7.43. The zero-order valence-electron chi connectivity index (χ0n) is 17.6. The molecule has 3 aliphatic rings. The maximum atomic E-state index is 14.0. The number of hydrogen-bond donors (Lipinski definition) is 0. The molecule has 5 nitrogen and oxygen atoms in total. The van der Waals surface area contributed by atoms with Gasteiger partial charge in [-0.05, 0) is 69.1 Å². The largest absolute Gasteiger partial charge is 0.295 e. The number of hydrogen-bond acceptors (Lipinski definition) is 4. The lowest BCUT2D eigenvalue weighted by molar-refractivity contribution is -0.124. The first-order valence-electron chi connectivity index (χ1n) is 10.7. The number of aryl methyl sites for hydroxylation is 2. The number of amides is 2. The van der Waals surface area contributed by atoms with Crippen LogP contribution in [0.5, 0.6) is 0 Å². The van der Waals surface area contributed by atoms with Gasteiger partial charge in [-0.25, -0.2) is 0 Å². The molecule has 2 amide bonds. The normalized spacial score (nSPS) is 24.2. The first-order valence-corrected chi connectivity index (χ1v) is 11.7. The minimum Gasteiger partial charge on any atom is -0.295 e. The molecule has 2 saturated heterocycles. The summed E-state index contributed by atoms with van der Waals surface area (Å²) >= 11 is 1.46. The van der Waals surface area contributed by atoms with Crippen LogP contribution in [0.3, 0.4) is 0 Å². The van der Waals surface area contributed by atoms with Gasteiger partial charge >= 0.3 is 0 Å². The van der Waals surface area contributed by atoms with Gasteiger partial charge in [0.05, 0.1) is 18.1 Å². The molecule has 6 heteroatoms. The molecule has 2 aromatic rings. The van der Waals surface area contributed by atoms with Crippen LogP contribution in [0.4, 0.5) is 11.4 Å². The highest BCUT2D eigenvalue weighted by molar-refractivity contribution is 8.02. The number of fused-ring (bicyclic) bond motifs is 2. The third kappa shape index (κ3) is 2.96. The molecular weight excluding hydrogens is 394 g/mol.